The van der Waals surface area contributed by atoms with E-state index >= 15 is 0 Å². The highest BCUT2D eigenvalue weighted by molar-refractivity contribution is 8.16. The van der Waals surface area contributed by atoms with Crippen LogP contribution in [0.15, 0.2) is 54.6 Å². The van der Waals surface area contributed by atoms with Crippen LogP contribution in [0.4, 0.5) is 16.2 Å². The number of hydrogen-bond donors (Lipinski definition) is 1. The molecule has 2 aromatic rings. The second-order valence-electron chi connectivity index (χ2n) is 4.79. The van der Waals surface area contributed by atoms with Crippen molar-refractivity contribution in [1.29, 1.82) is 0 Å². The highest BCUT2D eigenvalue weighted by atomic mass is 32.2. The summed E-state index contributed by atoms with van der Waals surface area (Å²) >= 11 is 0.849. The number of rotatable bonds is 4. The van der Waals surface area contributed by atoms with Crippen molar-refractivity contribution in [3.05, 3.63) is 60.2 Å². The molecule has 6 nitrogen and oxygen atoms in total. The highest BCUT2D eigenvalue weighted by Crippen LogP contribution is 2.32. The molecule has 0 radical (unpaired) electrons. The summed E-state index contributed by atoms with van der Waals surface area (Å²) < 4.78 is 0. The van der Waals surface area contributed by atoms with Crippen LogP contribution in [0.2, 0.25) is 0 Å². The largest absolute Gasteiger partial charge is 0.545 e. The van der Waals surface area contributed by atoms with Crippen LogP contribution < -0.4 is 15.3 Å². The van der Waals surface area contributed by atoms with Gasteiger partial charge in [0, 0.05) is 5.69 Å². The number of carbonyl (C=O) groups is 3. The molecule has 1 aliphatic heterocycles. The van der Waals surface area contributed by atoms with Crippen molar-refractivity contribution in [2.24, 2.45) is 0 Å². The van der Waals surface area contributed by atoms with Crippen LogP contribution in [0.5, 0.6) is 0 Å². The van der Waals surface area contributed by atoms with Crippen molar-refractivity contribution >= 4 is 40.3 Å². The van der Waals surface area contributed by atoms with Gasteiger partial charge in [-0.1, -0.05) is 30.3 Å². The van der Waals surface area contributed by atoms with Gasteiger partial charge in [0.05, 0.1) is 11.7 Å². The number of amides is 2. The maximum Gasteiger partial charge on any atom is 0.295 e. The van der Waals surface area contributed by atoms with Crippen molar-refractivity contribution in [1.82, 2.24) is 0 Å². The van der Waals surface area contributed by atoms with Gasteiger partial charge < -0.3 is 15.2 Å². The number of carbonyl (C=O) groups excluding carboxylic acids is 3. The Bertz CT molecular complexity index is 779. The first-order valence-electron chi connectivity index (χ1n) is 6.74. The van der Waals surface area contributed by atoms with Crippen LogP contribution in [0, 0.1) is 0 Å². The minimum absolute atomic E-state index is 0.00307. The summed E-state index contributed by atoms with van der Waals surface area (Å²) in [6.07, 6.45) is 0. The number of hydrogen-bond acceptors (Lipinski definition) is 6. The Morgan fingerprint density at radius 2 is 1.83 bits per heavy atom. The molecule has 1 aliphatic rings. The Balaban J connectivity index is 1.80. The van der Waals surface area contributed by atoms with Crippen LogP contribution in [-0.4, -0.2) is 22.5 Å². The molecular weight excluding hydrogens is 316 g/mol. The molecule has 0 aliphatic carbocycles. The first kappa shape index (κ1) is 15.1. The number of anilines is 2. The van der Waals surface area contributed by atoms with Gasteiger partial charge in [-0.25, -0.2) is 4.90 Å². The predicted octanol–water partition coefficient (Wildman–Crippen LogP) is 1.69. The van der Waals surface area contributed by atoms with E-state index in [0.29, 0.717) is 11.4 Å². The molecular formula is C16H11N2O4S-. The summed E-state index contributed by atoms with van der Waals surface area (Å²) in [6, 6.07) is 14.5. The number of para-hydroxylation sites is 1. The summed E-state index contributed by atoms with van der Waals surface area (Å²) in [5, 5.41) is 12.6. The van der Waals surface area contributed by atoms with Gasteiger partial charge >= 0.3 is 0 Å². The molecule has 2 amide bonds. The fourth-order valence-corrected chi connectivity index (χ4v) is 3.10. The van der Waals surface area contributed by atoms with E-state index in [-0.39, 0.29) is 10.8 Å². The van der Waals surface area contributed by atoms with Gasteiger partial charge in [0.2, 0.25) is 0 Å². The molecule has 1 N–H and O–H groups in total. The Hall–Kier alpha value is -2.80. The number of nitrogens with zero attached hydrogens (tertiary/aromatic N) is 1. The molecule has 1 heterocycles. The lowest BCUT2D eigenvalue weighted by Crippen LogP contribution is -2.34. The van der Waals surface area contributed by atoms with Crippen molar-refractivity contribution in [3.63, 3.8) is 0 Å². The van der Waals surface area contributed by atoms with E-state index < -0.39 is 17.3 Å². The molecule has 0 saturated carbocycles. The lowest BCUT2D eigenvalue weighted by atomic mass is 10.2. The monoisotopic (exact) mass is 327 g/mol. The summed E-state index contributed by atoms with van der Waals surface area (Å²) in [4.78, 5) is 36.5. The zero-order valence-corrected chi connectivity index (χ0v) is 12.6. The first-order valence-corrected chi connectivity index (χ1v) is 7.62. The third kappa shape index (κ3) is 3.04. The number of thioether (sulfide) groups is 1. The van der Waals surface area contributed by atoms with Gasteiger partial charge in [-0.15, -0.1) is 0 Å². The third-order valence-electron chi connectivity index (χ3n) is 3.26. The quantitative estimate of drug-likeness (QED) is 0.919. The fraction of sp³-hybridized carbons (Fsp3) is 0.0625. The van der Waals surface area contributed by atoms with E-state index in [4.69, 9.17) is 0 Å². The number of nitrogens with one attached hydrogen (secondary N) is 1. The van der Waals surface area contributed by atoms with Crippen LogP contribution in [-0.2, 0) is 4.79 Å². The molecule has 3 rings (SSSR count). The van der Waals surface area contributed by atoms with E-state index in [0.717, 1.165) is 16.7 Å². The molecule has 23 heavy (non-hydrogen) atoms. The Morgan fingerprint density at radius 1 is 1.09 bits per heavy atom. The van der Waals surface area contributed by atoms with Gasteiger partial charge in [0.25, 0.3) is 11.1 Å². The third-order valence-corrected chi connectivity index (χ3v) is 4.20. The zero-order chi connectivity index (χ0) is 16.4. The van der Waals surface area contributed by atoms with Crippen LogP contribution in [0.1, 0.15) is 10.4 Å². The number of imide groups is 1. The van der Waals surface area contributed by atoms with Crippen LogP contribution in [0.3, 0.4) is 0 Å². The molecule has 0 spiro atoms. The summed E-state index contributed by atoms with van der Waals surface area (Å²) in [7, 11) is 0. The number of carboxylic acids is 1. The predicted molar refractivity (Wildman–Crippen MR) is 85.1 cm³/mol. The highest BCUT2D eigenvalue weighted by Gasteiger charge is 2.40. The maximum absolute atomic E-state index is 12.4. The topological polar surface area (TPSA) is 89.5 Å². The van der Waals surface area contributed by atoms with Crippen molar-refractivity contribution in [2.75, 3.05) is 10.2 Å². The fourth-order valence-electron chi connectivity index (χ4n) is 2.20. The minimum atomic E-state index is -1.30. The SMILES string of the molecule is O=C([O-])c1cccc(N[C@@H]2SC(=O)N(c3ccccc3)C2=O)c1. The smallest absolute Gasteiger partial charge is 0.295 e. The van der Waals surface area contributed by atoms with E-state index in [1.807, 2.05) is 0 Å². The minimum Gasteiger partial charge on any atom is -0.545 e. The molecule has 0 aromatic heterocycles. The number of benzene rings is 2. The second kappa shape index (κ2) is 6.13. The summed E-state index contributed by atoms with van der Waals surface area (Å²) in [5.41, 5.74) is 0.930. The van der Waals surface area contributed by atoms with Gasteiger partial charge in [-0.2, -0.15) is 0 Å². The standard InChI is InChI=1S/C16H12N2O4S/c19-14-13(17-11-6-4-5-10(9-11)15(20)21)23-16(22)18(14)12-7-2-1-3-8-12/h1-9,13,17H,(H,20,21)/p-1/t13-/m1/s1. The average Bonchev–Trinajstić information content (AvgIpc) is 2.82. The average molecular weight is 327 g/mol. The Labute approximate surface area is 136 Å². The van der Waals surface area contributed by atoms with Gasteiger partial charge in [0.1, 0.15) is 0 Å². The first-order chi connectivity index (χ1) is 11.1. The number of carboxylic acid groups (broad SMARTS) is 1. The van der Waals surface area contributed by atoms with Gasteiger partial charge in [0.15, 0.2) is 5.37 Å². The summed E-state index contributed by atoms with van der Waals surface area (Å²) in [6.45, 7) is 0. The van der Waals surface area contributed by atoms with Crippen molar-refractivity contribution < 1.29 is 19.5 Å². The van der Waals surface area contributed by atoms with Gasteiger partial charge in [-0.3, -0.25) is 9.59 Å². The van der Waals surface area contributed by atoms with Crippen molar-refractivity contribution in [2.45, 2.75) is 5.37 Å². The summed E-state index contributed by atoms with van der Waals surface area (Å²) in [5.74, 6) is -1.70. The maximum atomic E-state index is 12.4. The van der Waals surface area contributed by atoms with Crippen LogP contribution >= 0.6 is 11.8 Å². The molecule has 7 heteroatoms. The van der Waals surface area contributed by atoms with Crippen molar-refractivity contribution in [3.8, 4) is 0 Å². The number of aromatic carboxylic acids is 1. The van der Waals surface area contributed by atoms with E-state index in [1.54, 1.807) is 36.4 Å². The lowest BCUT2D eigenvalue weighted by Gasteiger charge is -2.15. The normalized spacial score (nSPS) is 17.4. The molecule has 0 unspecified atom stereocenters. The Kier molecular flexibility index (Phi) is 4.03. The molecule has 0 bridgehead atoms. The van der Waals surface area contributed by atoms with E-state index in [9.17, 15) is 19.5 Å². The van der Waals surface area contributed by atoms with Crippen LogP contribution in [0.25, 0.3) is 0 Å². The van der Waals surface area contributed by atoms with E-state index in [1.165, 1.54) is 18.2 Å². The van der Waals surface area contributed by atoms with Gasteiger partial charge in [-0.05, 0) is 41.6 Å². The second-order valence-corrected chi connectivity index (χ2v) is 5.84. The molecule has 2 aromatic carbocycles. The molecule has 116 valence electrons. The molecule has 1 fully saturated rings. The molecule has 1 atom stereocenters. The zero-order valence-electron chi connectivity index (χ0n) is 11.8. The lowest BCUT2D eigenvalue weighted by molar-refractivity contribution is -0.255. The Morgan fingerprint density at radius 3 is 2.52 bits per heavy atom. The van der Waals surface area contributed by atoms with E-state index in [2.05, 4.69) is 5.32 Å². The molecule has 1 saturated heterocycles.